The Bertz CT molecular complexity index is 387. The molecule has 98 valence electrons. The van der Waals surface area contributed by atoms with Gasteiger partial charge in [0.05, 0.1) is 6.07 Å². The van der Waals surface area contributed by atoms with Crippen LogP contribution in [0.2, 0.25) is 0 Å². The van der Waals surface area contributed by atoms with Gasteiger partial charge in [0.15, 0.2) is 0 Å². The summed E-state index contributed by atoms with van der Waals surface area (Å²) < 4.78 is 0. The molecule has 0 saturated carbocycles. The lowest BCUT2D eigenvalue weighted by Crippen LogP contribution is -2.05. The number of nitrogens with zero attached hydrogens (tertiary/aromatic N) is 1. The zero-order chi connectivity index (χ0) is 14.4. The van der Waals surface area contributed by atoms with Crippen LogP contribution in [0.1, 0.15) is 13.3 Å². The largest absolute Gasteiger partial charge is 0.487 e. The van der Waals surface area contributed by atoms with Gasteiger partial charge in [0.2, 0.25) is 0 Å². The summed E-state index contributed by atoms with van der Waals surface area (Å²) in [5, 5.41) is 25.7. The van der Waals surface area contributed by atoms with Gasteiger partial charge in [-0.2, -0.15) is 5.26 Å². The van der Waals surface area contributed by atoms with Crippen LogP contribution in [0, 0.1) is 11.3 Å². The molecular formula is C11H15N3O2S2. The van der Waals surface area contributed by atoms with Gasteiger partial charge in [-0.1, -0.05) is 25.1 Å². The number of benzene rings is 1. The second kappa shape index (κ2) is 13.2. The van der Waals surface area contributed by atoms with Crippen LogP contribution in [0.3, 0.4) is 0 Å². The molecule has 18 heavy (non-hydrogen) atoms. The van der Waals surface area contributed by atoms with Crippen molar-refractivity contribution in [2.45, 2.75) is 13.3 Å². The molecule has 0 aliphatic heterocycles. The molecule has 0 aliphatic rings. The molecule has 0 bridgehead atoms. The van der Waals surface area contributed by atoms with E-state index in [1.165, 1.54) is 0 Å². The molecule has 1 aromatic carbocycles. The fourth-order valence-corrected chi connectivity index (χ4v) is 0.763. The third kappa shape index (κ3) is 19.6. The first-order valence-corrected chi connectivity index (χ1v) is 5.66. The fourth-order valence-electron chi connectivity index (χ4n) is 0.645. The Morgan fingerprint density at radius 1 is 1.33 bits per heavy atom. The summed E-state index contributed by atoms with van der Waals surface area (Å²) in [5.74, 6) is 0. The predicted molar refractivity (Wildman–Crippen MR) is 80.6 cm³/mol. The highest BCUT2D eigenvalue weighted by Crippen LogP contribution is 2.03. The molecule has 1 aromatic rings. The monoisotopic (exact) mass is 285 g/mol. The lowest BCUT2D eigenvalue weighted by molar-refractivity contribution is 0.560. The third-order valence-corrected chi connectivity index (χ3v) is 1.29. The molecule has 0 spiro atoms. The number of nitrogens with one attached hydrogen (secondary N) is 1. The minimum absolute atomic E-state index is 0.203. The number of thiocarbonyl (C=S) groups is 2. The molecule has 5 N–H and O–H groups in total. The van der Waals surface area contributed by atoms with Crippen LogP contribution in [-0.4, -0.2) is 20.6 Å². The van der Waals surface area contributed by atoms with E-state index in [4.69, 9.17) is 15.5 Å². The number of aliphatic hydroxyl groups is 2. The Labute approximate surface area is 117 Å². The first-order valence-electron chi connectivity index (χ1n) is 4.84. The van der Waals surface area contributed by atoms with Crippen molar-refractivity contribution in [3.05, 3.63) is 30.3 Å². The van der Waals surface area contributed by atoms with Crippen molar-refractivity contribution in [2.24, 2.45) is 5.73 Å². The first-order chi connectivity index (χ1) is 8.43. The van der Waals surface area contributed by atoms with Crippen LogP contribution >= 0.6 is 24.4 Å². The highest BCUT2D eigenvalue weighted by Gasteiger charge is 1.89. The maximum Gasteiger partial charge on any atom is 0.258 e. The van der Waals surface area contributed by atoms with Gasteiger partial charge in [0.25, 0.3) is 10.3 Å². The lowest BCUT2D eigenvalue weighted by Gasteiger charge is -1.99. The maximum atomic E-state index is 8.63. The van der Waals surface area contributed by atoms with Crippen molar-refractivity contribution < 1.29 is 10.2 Å². The van der Waals surface area contributed by atoms with Crippen molar-refractivity contribution >= 4 is 40.5 Å². The molecule has 1 rings (SSSR count). The molecule has 0 heterocycles. The SMILES string of the molecule is CCC#N.NC(O)=S.OC(=S)Nc1ccccc1. The van der Waals surface area contributed by atoms with E-state index in [1.807, 2.05) is 43.3 Å². The molecule has 0 saturated heterocycles. The van der Waals surface area contributed by atoms with Crippen LogP contribution in [0.25, 0.3) is 0 Å². The first kappa shape index (κ1) is 18.5. The second-order valence-corrected chi connectivity index (χ2v) is 3.45. The van der Waals surface area contributed by atoms with Crippen LogP contribution in [0.4, 0.5) is 5.69 Å². The van der Waals surface area contributed by atoms with Gasteiger partial charge in [-0.3, -0.25) is 0 Å². The van der Waals surface area contributed by atoms with Crippen molar-refractivity contribution in [1.29, 1.82) is 5.26 Å². The summed E-state index contributed by atoms with van der Waals surface area (Å²) in [4.78, 5) is 0. The van der Waals surface area contributed by atoms with E-state index in [1.54, 1.807) is 0 Å². The molecule has 0 aliphatic carbocycles. The van der Waals surface area contributed by atoms with E-state index in [-0.39, 0.29) is 5.17 Å². The van der Waals surface area contributed by atoms with Crippen LogP contribution in [0.15, 0.2) is 30.3 Å². The Balaban J connectivity index is 0. The van der Waals surface area contributed by atoms with Crippen LogP contribution < -0.4 is 11.1 Å². The Hall–Kier alpha value is -1.91. The molecule has 0 radical (unpaired) electrons. The summed E-state index contributed by atoms with van der Waals surface area (Å²) in [5.41, 5.74) is 5.20. The van der Waals surface area contributed by atoms with E-state index in [9.17, 15) is 0 Å². The fraction of sp³-hybridized carbons (Fsp3) is 0.182. The zero-order valence-electron chi connectivity index (χ0n) is 9.83. The number of para-hydroxylation sites is 1. The highest BCUT2D eigenvalue weighted by molar-refractivity contribution is 7.80. The number of rotatable bonds is 1. The summed E-state index contributed by atoms with van der Waals surface area (Å²) in [7, 11) is 0. The number of hydrogen-bond acceptors (Lipinski definition) is 3. The van der Waals surface area contributed by atoms with Gasteiger partial charge in [0, 0.05) is 12.1 Å². The quantitative estimate of drug-likeness (QED) is 0.588. The Morgan fingerprint density at radius 3 is 2.00 bits per heavy atom. The summed E-state index contributed by atoms with van der Waals surface area (Å²) in [6.07, 6.45) is 0.625. The van der Waals surface area contributed by atoms with Gasteiger partial charge in [-0.05, 0) is 36.6 Å². The standard InChI is InChI=1S/C7H7NOS.C3H5N.CH3NOS/c9-7(10)8-6-4-2-1-3-5-6;1-2-3-4;2-1(3)4/h1-5H,(H2,8,9,10);2H2,1H3;(H3,2,3,4). The van der Waals surface area contributed by atoms with Gasteiger partial charge in [-0.15, -0.1) is 0 Å². The Kier molecular flexibility index (Phi) is 13.5. The normalized spacial score (nSPS) is 7.33. The van der Waals surface area contributed by atoms with Crippen molar-refractivity contribution in [3.63, 3.8) is 0 Å². The van der Waals surface area contributed by atoms with Crippen molar-refractivity contribution in [2.75, 3.05) is 5.32 Å². The molecule has 7 heteroatoms. The number of nitrogens with two attached hydrogens (primary N) is 1. The third-order valence-electron chi connectivity index (χ3n) is 1.18. The average Bonchev–Trinajstić information content (AvgIpc) is 2.29. The number of hydrogen-bond donors (Lipinski definition) is 4. The van der Waals surface area contributed by atoms with E-state index < -0.39 is 5.17 Å². The molecule has 0 unspecified atom stereocenters. The van der Waals surface area contributed by atoms with E-state index >= 15 is 0 Å². The maximum absolute atomic E-state index is 8.63. The topological polar surface area (TPSA) is 102 Å². The van der Waals surface area contributed by atoms with Gasteiger partial charge in [0.1, 0.15) is 0 Å². The van der Waals surface area contributed by atoms with Crippen molar-refractivity contribution in [3.8, 4) is 6.07 Å². The number of nitriles is 1. The van der Waals surface area contributed by atoms with Gasteiger partial charge < -0.3 is 21.3 Å². The van der Waals surface area contributed by atoms with Crippen molar-refractivity contribution in [1.82, 2.24) is 0 Å². The minimum Gasteiger partial charge on any atom is -0.487 e. The molecule has 0 fully saturated rings. The lowest BCUT2D eigenvalue weighted by atomic mass is 10.3. The van der Waals surface area contributed by atoms with Gasteiger partial charge in [-0.25, -0.2) is 0 Å². The molecular weight excluding hydrogens is 270 g/mol. The summed E-state index contributed by atoms with van der Waals surface area (Å²) in [6, 6.07) is 11.2. The molecule has 5 nitrogen and oxygen atoms in total. The average molecular weight is 285 g/mol. The Morgan fingerprint density at radius 2 is 1.72 bits per heavy atom. The summed E-state index contributed by atoms with van der Waals surface area (Å²) in [6.45, 7) is 1.82. The second-order valence-electron chi connectivity index (χ2n) is 2.65. The summed E-state index contributed by atoms with van der Waals surface area (Å²) >= 11 is 8.29. The van der Waals surface area contributed by atoms with E-state index in [0.717, 1.165) is 5.69 Å². The van der Waals surface area contributed by atoms with E-state index in [2.05, 4.69) is 35.5 Å². The van der Waals surface area contributed by atoms with Gasteiger partial charge >= 0.3 is 0 Å². The number of anilines is 1. The van der Waals surface area contributed by atoms with Crippen LogP contribution in [-0.2, 0) is 0 Å². The van der Waals surface area contributed by atoms with E-state index in [0.29, 0.717) is 6.42 Å². The predicted octanol–water partition coefficient (Wildman–Crippen LogP) is 2.65. The molecule has 0 atom stereocenters. The zero-order valence-corrected chi connectivity index (χ0v) is 11.5. The number of aliphatic hydroxyl groups excluding tert-OH is 2. The highest BCUT2D eigenvalue weighted by atomic mass is 32.1. The smallest absolute Gasteiger partial charge is 0.258 e. The minimum atomic E-state index is -0.500. The molecule has 0 amide bonds. The molecule has 0 aromatic heterocycles. The van der Waals surface area contributed by atoms with Crippen LogP contribution in [0.5, 0.6) is 0 Å².